The van der Waals surface area contributed by atoms with Gasteiger partial charge in [-0.1, -0.05) is 0 Å². The summed E-state index contributed by atoms with van der Waals surface area (Å²) in [6.07, 6.45) is 3.25. The van der Waals surface area contributed by atoms with E-state index in [1.54, 1.807) is 13.3 Å². The highest BCUT2D eigenvalue weighted by atomic mass is 16.5. The first-order valence-electron chi connectivity index (χ1n) is 5.87. The molecular formula is C13H13N5O. The normalized spacial score (nSPS) is 10.6. The lowest BCUT2D eigenvalue weighted by atomic mass is 10.1. The highest BCUT2D eigenvalue weighted by Gasteiger charge is 2.04. The van der Waals surface area contributed by atoms with Crippen LogP contribution in [0.4, 0.5) is 5.82 Å². The van der Waals surface area contributed by atoms with Crippen LogP contribution in [0.1, 0.15) is 5.82 Å². The average molecular weight is 255 g/mol. The number of H-pyrrole nitrogens is 1. The highest BCUT2D eigenvalue weighted by Crippen LogP contribution is 2.25. The van der Waals surface area contributed by atoms with Crippen molar-refractivity contribution in [3.8, 4) is 5.75 Å². The second-order valence-corrected chi connectivity index (χ2v) is 4.03. The zero-order valence-electron chi connectivity index (χ0n) is 10.4. The summed E-state index contributed by atoms with van der Waals surface area (Å²) >= 11 is 0. The van der Waals surface area contributed by atoms with Gasteiger partial charge in [0, 0.05) is 11.6 Å². The Bertz CT molecular complexity index is 681. The molecule has 0 spiro atoms. The van der Waals surface area contributed by atoms with Gasteiger partial charge < -0.3 is 10.1 Å². The van der Waals surface area contributed by atoms with Crippen molar-refractivity contribution >= 4 is 16.6 Å². The van der Waals surface area contributed by atoms with E-state index in [-0.39, 0.29) is 0 Å². The molecule has 0 unspecified atom stereocenters. The minimum Gasteiger partial charge on any atom is -0.497 e. The highest BCUT2D eigenvalue weighted by molar-refractivity contribution is 5.92. The number of nitrogens with zero attached hydrogens (tertiary/aromatic N) is 3. The summed E-state index contributed by atoms with van der Waals surface area (Å²) in [5.41, 5.74) is 0. The summed E-state index contributed by atoms with van der Waals surface area (Å²) in [6, 6.07) is 7.85. The fourth-order valence-corrected chi connectivity index (χ4v) is 1.91. The predicted molar refractivity (Wildman–Crippen MR) is 72.0 cm³/mol. The van der Waals surface area contributed by atoms with Crippen molar-refractivity contribution in [2.75, 3.05) is 12.4 Å². The van der Waals surface area contributed by atoms with Crippen molar-refractivity contribution in [1.29, 1.82) is 0 Å². The Kier molecular flexibility index (Phi) is 2.97. The van der Waals surface area contributed by atoms with Gasteiger partial charge >= 0.3 is 0 Å². The maximum atomic E-state index is 5.22. The summed E-state index contributed by atoms with van der Waals surface area (Å²) in [7, 11) is 1.66. The number of hydrogen-bond acceptors (Lipinski definition) is 5. The van der Waals surface area contributed by atoms with Crippen molar-refractivity contribution < 1.29 is 4.74 Å². The largest absolute Gasteiger partial charge is 0.497 e. The van der Waals surface area contributed by atoms with Gasteiger partial charge in [0.05, 0.1) is 13.7 Å². The molecule has 6 nitrogen and oxygen atoms in total. The van der Waals surface area contributed by atoms with Crippen LogP contribution in [0.25, 0.3) is 10.8 Å². The van der Waals surface area contributed by atoms with Crippen molar-refractivity contribution in [2.24, 2.45) is 0 Å². The maximum absolute atomic E-state index is 5.22. The second kappa shape index (κ2) is 4.93. The number of methoxy groups -OCH3 is 1. The van der Waals surface area contributed by atoms with Crippen molar-refractivity contribution in [2.45, 2.75) is 6.54 Å². The third kappa shape index (κ3) is 2.33. The maximum Gasteiger partial charge on any atom is 0.143 e. The number of fused-ring (bicyclic) bond motifs is 1. The molecule has 0 bridgehead atoms. The number of nitrogens with one attached hydrogen (secondary N) is 2. The first kappa shape index (κ1) is 11.5. The SMILES string of the molecule is COc1ccc2c(NCc3ncn[nH]3)nccc2c1. The summed E-state index contributed by atoms with van der Waals surface area (Å²) < 4.78 is 5.22. The first-order chi connectivity index (χ1) is 9.36. The molecule has 0 atom stereocenters. The third-order valence-corrected chi connectivity index (χ3v) is 2.86. The molecular weight excluding hydrogens is 242 g/mol. The Labute approximate surface area is 109 Å². The van der Waals surface area contributed by atoms with E-state index in [1.165, 1.54) is 6.33 Å². The number of pyridine rings is 1. The number of aromatic nitrogens is 4. The first-order valence-corrected chi connectivity index (χ1v) is 5.87. The van der Waals surface area contributed by atoms with Gasteiger partial charge in [-0.3, -0.25) is 5.10 Å². The van der Waals surface area contributed by atoms with E-state index in [2.05, 4.69) is 25.5 Å². The summed E-state index contributed by atoms with van der Waals surface area (Å²) in [4.78, 5) is 8.41. The van der Waals surface area contributed by atoms with E-state index in [1.807, 2.05) is 24.3 Å². The minimum absolute atomic E-state index is 0.554. The van der Waals surface area contributed by atoms with Crippen LogP contribution < -0.4 is 10.1 Å². The Morgan fingerprint density at radius 1 is 1.26 bits per heavy atom. The van der Waals surface area contributed by atoms with Crippen LogP contribution in [0, 0.1) is 0 Å². The Morgan fingerprint density at radius 2 is 2.21 bits per heavy atom. The Balaban J connectivity index is 1.90. The number of anilines is 1. The van der Waals surface area contributed by atoms with Crippen molar-refractivity contribution in [1.82, 2.24) is 20.2 Å². The number of benzene rings is 1. The standard InChI is InChI=1S/C13H13N5O/c1-19-10-2-3-11-9(6-10)4-5-14-13(11)15-7-12-16-8-17-18-12/h2-6,8H,7H2,1H3,(H,14,15)(H,16,17,18). The summed E-state index contributed by atoms with van der Waals surface area (Å²) in [5, 5.41) is 12.0. The van der Waals surface area contributed by atoms with E-state index >= 15 is 0 Å². The van der Waals surface area contributed by atoms with Crippen LogP contribution in [0.5, 0.6) is 5.75 Å². The van der Waals surface area contributed by atoms with E-state index in [0.717, 1.165) is 28.2 Å². The lowest BCUT2D eigenvalue weighted by Crippen LogP contribution is -2.03. The molecule has 2 heterocycles. The molecule has 0 fully saturated rings. The molecule has 0 aliphatic carbocycles. The van der Waals surface area contributed by atoms with E-state index in [9.17, 15) is 0 Å². The van der Waals surface area contributed by atoms with Gasteiger partial charge in [0.2, 0.25) is 0 Å². The molecule has 2 aromatic heterocycles. The molecule has 0 radical (unpaired) electrons. The van der Waals surface area contributed by atoms with E-state index in [4.69, 9.17) is 4.74 Å². The zero-order valence-corrected chi connectivity index (χ0v) is 10.4. The van der Waals surface area contributed by atoms with Crippen LogP contribution in [0.2, 0.25) is 0 Å². The summed E-state index contributed by atoms with van der Waals surface area (Å²) in [5.74, 6) is 2.42. The zero-order chi connectivity index (χ0) is 13.1. The van der Waals surface area contributed by atoms with Crippen molar-refractivity contribution in [3.63, 3.8) is 0 Å². The fourth-order valence-electron chi connectivity index (χ4n) is 1.91. The Hall–Kier alpha value is -2.63. The van der Waals surface area contributed by atoms with Gasteiger partial charge in [-0.05, 0) is 29.7 Å². The number of aromatic amines is 1. The molecule has 96 valence electrons. The average Bonchev–Trinajstić information content (AvgIpc) is 2.97. The van der Waals surface area contributed by atoms with Crippen LogP contribution >= 0.6 is 0 Å². The van der Waals surface area contributed by atoms with Gasteiger partial charge in [0.15, 0.2) is 0 Å². The molecule has 3 aromatic rings. The minimum atomic E-state index is 0.554. The van der Waals surface area contributed by atoms with E-state index < -0.39 is 0 Å². The number of hydrogen-bond donors (Lipinski definition) is 2. The molecule has 0 amide bonds. The van der Waals surface area contributed by atoms with Gasteiger partial charge in [-0.15, -0.1) is 0 Å². The smallest absolute Gasteiger partial charge is 0.143 e. The van der Waals surface area contributed by atoms with Gasteiger partial charge in [0.1, 0.15) is 23.7 Å². The lowest BCUT2D eigenvalue weighted by molar-refractivity contribution is 0.415. The van der Waals surface area contributed by atoms with Gasteiger partial charge in [-0.25, -0.2) is 9.97 Å². The van der Waals surface area contributed by atoms with Crippen LogP contribution in [0.3, 0.4) is 0 Å². The second-order valence-electron chi connectivity index (χ2n) is 4.03. The molecule has 19 heavy (non-hydrogen) atoms. The predicted octanol–water partition coefficient (Wildman–Crippen LogP) is 1.97. The molecule has 3 rings (SSSR count). The summed E-state index contributed by atoms with van der Waals surface area (Å²) in [6.45, 7) is 0.554. The third-order valence-electron chi connectivity index (χ3n) is 2.86. The van der Waals surface area contributed by atoms with Crippen LogP contribution in [-0.4, -0.2) is 27.3 Å². The molecule has 6 heteroatoms. The lowest BCUT2D eigenvalue weighted by Gasteiger charge is -2.08. The van der Waals surface area contributed by atoms with Gasteiger partial charge in [0.25, 0.3) is 0 Å². The van der Waals surface area contributed by atoms with Gasteiger partial charge in [-0.2, -0.15) is 5.10 Å². The molecule has 1 aromatic carbocycles. The quantitative estimate of drug-likeness (QED) is 0.745. The molecule has 0 saturated heterocycles. The van der Waals surface area contributed by atoms with Crippen LogP contribution in [0.15, 0.2) is 36.8 Å². The Morgan fingerprint density at radius 3 is 3.00 bits per heavy atom. The molecule has 0 saturated carbocycles. The molecule has 0 aliphatic rings. The van der Waals surface area contributed by atoms with Crippen molar-refractivity contribution in [3.05, 3.63) is 42.6 Å². The molecule has 0 aliphatic heterocycles. The van der Waals surface area contributed by atoms with Crippen LogP contribution in [-0.2, 0) is 6.54 Å². The monoisotopic (exact) mass is 255 g/mol. The number of rotatable bonds is 4. The van der Waals surface area contributed by atoms with E-state index in [0.29, 0.717) is 6.54 Å². The number of ether oxygens (including phenoxy) is 1. The molecule has 2 N–H and O–H groups in total. The topological polar surface area (TPSA) is 75.7 Å². The fraction of sp³-hybridized carbons (Fsp3) is 0.154.